The second-order valence-electron chi connectivity index (χ2n) is 7.53. The molecular formula is C21H26N4O4S. The molecule has 3 heterocycles. The van der Waals surface area contributed by atoms with Gasteiger partial charge in [-0.1, -0.05) is 0 Å². The molecule has 1 amide bonds. The van der Waals surface area contributed by atoms with Crippen molar-refractivity contribution in [2.24, 2.45) is 0 Å². The highest BCUT2D eigenvalue weighted by molar-refractivity contribution is 7.89. The topological polar surface area (TPSA) is 83.0 Å². The highest BCUT2D eigenvalue weighted by atomic mass is 32.2. The van der Waals surface area contributed by atoms with Gasteiger partial charge in [0.15, 0.2) is 0 Å². The molecule has 2 aliphatic rings. The molecule has 0 atom stereocenters. The Bertz CT molecular complexity index is 979. The summed E-state index contributed by atoms with van der Waals surface area (Å²) in [6.07, 6.45) is 3.15. The van der Waals surface area contributed by atoms with E-state index in [1.165, 1.54) is 10.5 Å². The van der Waals surface area contributed by atoms with Gasteiger partial charge in [-0.15, -0.1) is 0 Å². The largest absolute Gasteiger partial charge is 0.439 e. The van der Waals surface area contributed by atoms with Gasteiger partial charge in [0.2, 0.25) is 21.8 Å². The molecule has 9 heteroatoms. The first kappa shape index (κ1) is 20.6. The van der Waals surface area contributed by atoms with Gasteiger partial charge in [-0.2, -0.15) is 4.31 Å². The van der Waals surface area contributed by atoms with Gasteiger partial charge in [0, 0.05) is 57.9 Å². The van der Waals surface area contributed by atoms with E-state index < -0.39 is 10.0 Å². The van der Waals surface area contributed by atoms with Crippen molar-refractivity contribution in [2.45, 2.75) is 24.7 Å². The highest BCUT2D eigenvalue weighted by Gasteiger charge is 2.27. The van der Waals surface area contributed by atoms with Gasteiger partial charge in [-0.05, 0) is 43.2 Å². The molecule has 0 bridgehead atoms. The smallest absolute Gasteiger partial charge is 0.244 e. The van der Waals surface area contributed by atoms with Gasteiger partial charge in [0.1, 0.15) is 10.6 Å². The molecule has 2 aliphatic heterocycles. The van der Waals surface area contributed by atoms with E-state index in [2.05, 4.69) is 9.88 Å². The zero-order chi connectivity index (χ0) is 21.1. The van der Waals surface area contributed by atoms with Crippen molar-refractivity contribution in [3.8, 4) is 11.6 Å². The molecule has 1 aromatic heterocycles. The van der Waals surface area contributed by atoms with Gasteiger partial charge in [-0.3, -0.25) is 4.79 Å². The summed E-state index contributed by atoms with van der Waals surface area (Å²) in [5.41, 5.74) is 1.07. The van der Waals surface area contributed by atoms with Crippen LogP contribution in [0.25, 0.3) is 0 Å². The number of hydrogen-bond donors (Lipinski definition) is 0. The molecule has 160 valence electrons. The van der Waals surface area contributed by atoms with Crippen molar-refractivity contribution in [3.63, 3.8) is 0 Å². The predicted octanol–water partition coefficient (Wildman–Crippen LogP) is 2.33. The average Bonchev–Trinajstić information content (AvgIpc) is 3.31. The fraction of sp³-hybridized carbons (Fsp3) is 0.429. The average molecular weight is 431 g/mol. The number of carbonyl (C=O) groups is 1. The third kappa shape index (κ3) is 4.41. The third-order valence-electron chi connectivity index (χ3n) is 5.56. The third-order valence-corrected chi connectivity index (χ3v) is 7.44. The maximum atomic E-state index is 12.6. The summed E-state index contributed by atoms with van der Waals surface area (Å²) in [5, 5.41) is 0. The quantitative estimate of drug-likeness (QED) is 0.724. The Balaban J connectivity index is 1.37. The molecular weight excluding hydrogens is 404 g/mol. The summed E-state index contributed by atoms with van der Waals surface area (Å²) in [6.45, 7) is 5.79. The monoisotopic (exact) mass is 430 g/mol. The van der Waals surface area contributed by atoms with E-state index in [9.17, 15) is 13.2 Å². The van der Waals surface area contributed by atoms with Crippen molar-refractivity contribution in [1.29, 1.82) is 0 Å². The van der Waals surface area contributed by atoms with Gasteiger partial charge in [0.25, 0.3) is 0 Å². The molecule has 1 aromatic carbocycles. The lowest BCUT2D eigenvalue weighted by Crippen LogP contribution is -2.48. The lowest BCUT2D eigenvalue weighted by Gasteiger charge is -2.35. The van der Waals surface area contributed by atoms with E-state index in [-0.39, 0.29) is 10.8 Å². The number of nitrogens with zero attached hydrogens (tertiary/aromatic N) is 4. The van der Waals surface area contributed by atoms with Crippen LogP contribution in [0, 0.1) is 0 Å². The number of carbonyl (C=O) groups excluding carboxylic acids is 1. The SMILES string of the molecule is CC(=O)N1CCN(c2ccc(Oc3ccc(S(=O)(=O)N4CCCC4)cn3)cc2)CC1. The highest BCUT2D eigenvalue weighted by Crippen LogP contribution is 2.26. The number of pyridine rings is 1. The maximum Gasteiger partial charge on any atom is 0.244 e. The van der Waals surface area contributed by atoms with Crippen molar-refractivity contribution in [3.05, 3.63) is 42.6 Å². The van der Waals surface area contributed by atoms with Crippen molar-refractivity contribution in [1.82, 2.24) is 14.2 Å². The fourth-order valence-corrected chi connectivity index (χ4v) is 5.25. The minimum Gasteiger partial charge on any atom is -0.439 e. The second-order valence-corrected chi connectivity index (χ2v) is 9.47. The van der Waals surface area contributed by atoms with Crippen LogP contribution in [0.15, 0.2) is 47.5 Å². The van der Waals surface area contributed by atoms with Crippen LogP contribution in [0.1, 0.15) is 19.8 Å². The second kappa shape index (κ2) is 8.61. The van der Waals surface area contributed by atoms with Crippen LogP contribution in [0.2, 0.25) is 0 Å². The van der Waals surface area contributed by atoms with Crippen LogP contribution in [0.5, 0.6) is 11.6 Å². The zero-order valence-electron chi connectivity index (χ0n) is 17.0. The molecule has 8 nitrogen and oxygen atoms in total. The van der Waals surface area contributed by atoms with Gasteiger partial charge >= 0.3 is 0 Å². The molecule has 0 N–H and O–H groups in total. The van der Waals surface area contributed by atoms with Crippen molar-refractivity contribution >= 4 is 21.6 Å². The molecule has 0 spiro atoms. The number of aromatic nitrogens is 1. The minimum absolute atomic E-state index is 0.116. The lowest BCUT2D eigenvalue weighted by atomic mass is 10.2. The van der Waals surface area contributed by atoms with Crippen molar-refractivity contribution in [2.75, 3.05) is 44.2 Å². The van der Waals surface area contributed by atoms with Crippen LogP contribution in [0.4, 0.5) is 5.69 Å². The first-order valence-electron chi connectivity index (χ1n) is 10.2. The van der Waals surface area contributed by atoms with E-state index in [0.29, 0.717) is 24.7 Å². The molecule has 4 rings (SSSR count). The van der Waals surface area contributed by atoms with Crippen LogP contribution in [-0.2, 0) is 14.8 Å². The molecule has 30 heavy (non-hydrogen) atoms. The number of sulfonamides is 1. The normalized spacial score (nSPS) is 17.9. The first-order chi connectivity index (χ1) is 14.4. The minimum atomic E-state index is -3.47. The Morgan fingerprint density at radius 1 is 0.933 bits per heavy atom. The number of piperazine rings is 1. The van der Waals surface area contributed by atoms with Crippen LogP contribution >= 0.6 is 0 Å². The van der Waals surface area contributed by atoms with E-state index in [4.69, 9.17) is 4.74 Å². The molecule has 0 aliphatic carbocycles. The Hall–Kier alpha value is -2.65. The number of rotatable bonds is 5. The molecule has 0 saturated carbocycles. The fourth-order valence-electron chi connectivity index (χ4n) is 3.78. The predicted molar refractivity (Wildman–Crippen MR) is 113 cm³/mol. The Kier molecular flexibility index (Phi) is 5.92. The summed E-state index contributed by atoms with van der Waals surface area (Å²) in [5.74, 6) is 1.09. The van der Waals surface area contributed by atoms with E-state index in [0.717, 1.165) is 44.7 Å². The first-order valence-corrected chi connectivity index (χ1v) is 11.6. The zero-order valence-corrected chi connectivity index (χ0v) is 17.8. The summed E-state index contributed by atoms with van der Waals surface area (Å²) in [7, 11) is -3.47. The van der Waals surface area contributed by atoms with Crippen LogP contribution in [0.3, 0.4) is 0 Å². The number of amides is 1. The van der Waals surface area contributed by atoms with Crippen LogP contribution < -0.4 is 9.64 Å². The van der Waals surface area contributed by atoms with E-state index >= 15 is 0 Å². The van der Waals surface area contributed by atoms with Gasteiger partial charge in [0.05, 0.1) is 6.20 Å². The molecule has 0 unspecified atom stereocenters. The summed E-state index contributed by atoms with van der Waals surface area (Å²) >= 11 is 0. The van der Waals surface area contributed by atoms with E-state index in [1.807, 2.05) is 29.2 Å². The van der Waals surface area contributed by atoms with Crippen molar-refractivity contribution < 1.29 is 17.9 Å². The maximum absolute atomic E-state index is 12.6. The summed E-state index contributed by atoms with van der Waals surface area (Å²) in [6, 6.07) is 10.8. The Morgan fingerprint density at radius 2 is 1.60 bits per heavy atom. The number of anilines is 1. The summed E-state index contributed by atoms with van der Waals surface area (Å²) < 4.78 is 32.4. The Morgan fingerprint density at radius 3 is 2.17 bits per heavy atom. The van der Waals surface area contributed by atoms with Gasteiger partial charge < -0.3 is 14.5 Å². The molecule has 2 aromatic rings. The lowest BCUT2D eigenvalue weighted by molar-refractivity contribution is -0.129. The molecule has 2 fully saturated rings. The molecule has 2 saturated heterocycles. The Labute approximate surface area is 177 Å². The molecule has 0 radical (unpaired) electrons. The number of ether oxygens (including phenoxy) is 1. The van der Waals surface area contributed by atoms with Gasteiger partial charge in [-0.25, -0.2) is 13.4 Å². The number of hydrogen-bond acceptors (Lipinski definition) is 6. The standard InChI is InChI=1S/C21H26N4O4S/c1-17(26)23-12-14-24(15-13-23)18-4-6-19(7-5-18)29-21-9-8-20(16-22-21)30(27,28)25-10-2-3-11-25/h4-9,16H,2-3,10-15H2,1H3. The van der Waals surface area contributed by atoms with E-state index in [1.54, 1.807) is 19.1 Å². The summed E-state index contributed by atoms with van der Waals surface area (Å²) in [4.78, 5) is 19.9. The van der Waals surface area contributed by atoms with Crippen LogP contribution in [-0.4, -0.2) is 67.8 Å². The number of benzene rings is 1.